The molecule has 1 aliphatic carbocycles. The van der Waals surface area contributed by atoms with Gasteiger partial charge in [0.2, 0.25) is 21.8 Å². The van der Waals surface area contributed by atoms with Crippen LogP contribution in [-0.4, -0.2) is 26.3 Å². The van der Waals surface area contributed by atoms with E-state index in [1.54, 1.807) is 12.1 Å². The molecule has 1 unspecified atom stereocenters. The van der Waals surface area contributed by atoms with Gasteiger partial charge in [0.15, 0.2) is 0 Å². The van der Waals surface area contributed by atoms with Crippen LogP contribution >= 0.6 is 0 Å². The van der Waals surface area contributed by atoms with Crippen molar-refractivity contribution in [3.8, 4) is 0 Å². The number of hydrogen-bond acceptors (Lipinski definition) is 4. The van der Waals surface area contributed by atoms with Crippen LogP contribution in [-0.2, 0) is 32.5 Å². The fourth-order valence-corrected chi connectivity index (χ4v) is 4.06. The van der Waals surface area contributed by atoms with Crippen molar-refractivity contribution >= 4 is 21.8 Å². The van der Waals surface area contributed by atoms with Crippen LogP contribution in [0.5, 0.6) is 0 Å². The lowest BCUT2D eigenvalue weighted by Crippen LogP contribution is -2.52. The van der Waals surface area contributed by atoms with Gasteiger partial charge in [0, 0.05) is 6.42 Å². The van der Waals surface area contributed by atoms with Gasteiger partial charge in [0.25, 0.3) is 0 Å². The predicted octanol–water partition coefficient (Wildman–Crippen LogP) is 0.259. The van der Waals surface area contributed by atoms with Crippen molar-refractivity contribution in [2.24, 2.45) is 0 Å². The summed E-state index contributed by atoms with van der Waals surface area (Å²) in [6.07, 6.45) is 3.24. The Morgan fingerprint density at radius 1 is 1.10 bits per heavy atom. The molecule has 1 aliphatic heterocycles. The molecule has 2 amide bonds. The molecule has 0 spiro atoms. The zero-order valence-corrected chi connectivity index (χ0v) is 12.2. The number of carbonyl (C=O) groups is 2. The Hall–Kier alpha value is -1.73. The van der Waals surface area contributed by atoms with Crippen LogP contribution in [0.15, 0.2) is 23.1 Å². The summed E-state index contributed by atoms with van der Waals surface area (Å²) in [6.45, 7) is 0. The molecule has 1 atom stereocenters. The molecule has 2 N–H and O–H groups in total. The van der Waals surface area contributed by atoms with Crippen molar-refractivity contribution in [3.63, 3.8) is 0 Å². The smallest absolute Gasteiger partial charge is 0.244 e. The highest BCUT2D eigenvalue weighted by Gasteiger charge is 2.31. The average Bonchev–Trinajstić information content (AvgIpc) is 2.89. The fourth-order valence-electron chi connectivity index (χ4n) is 2.78. The molecule has 0 bridgehead atoms. The Morgan fingerprint density at radius 3 is 2.62 bits per heavy atom. The predicted molar refractivity (Wildman–Crippen MR) is 75.0 cm³/mol. The molecule has 7 heteroatoms. The van der Waals surface area contributed by atoms with Crippen LogP contribution < -0.4 is 10.0 Å². The molecule has 1 aromatic carbocycles. The molecule has 0 radical (unpaired) electrons. The Kier molecular flexibility index (Phi) is 3.54. The van der Waals surface area contributed by atoms with Crippen molar-refractivity contribution in [1.82, 2.24) is 10.0 Å². The van der Waals surface area contributed by atoms with Gasteiger partial charge in [-0.2, -0.15) is 4.72 Å². The van der Waals surface area contributed by atoms with Gasteiger partial charge in [-0.3, -0.25) is 14.9 Å². The number of benzene rings is 1. The zero-order valence-electron chi connectivity index (χ0n) is 11.4. The first kappa shape index (κ1) is 14.2. The Balaban J connectivity index is 1.81. The summed E-state index contributed by atoms with van der Waals surface area (Å²) < 4.78 is 27.1. The van der Waals surface area contributed by atoms with E-state index in [2.05, 4.69) is 10.0 Å². The number of hydrogen-bond donors (Lipinski definition) is 2. The number of carbonyl (C=O) groups excluding carboxylic acids is 2. The summed E-state index contributed by atoms with van der Waals surface area (Å²) in [5, 5.41) is 2.14. The number of aryl methyl sites for hydroxylation is 2. The van der Waals surface area contributed by atoms with E-state index in [0.717, 1.165) is 24.8 Å². The van der Waals surface area contributed by atoms with E-state index in [1.165, 1.54) is 5.56 Å². The monoisotopic (exact) mass is 308 g/mol. The highest BCUT2D eigenvalue weighted by atomic mass is 32.2. The molecular weight excluding hydrogens is 292 g/mol. The number of sulfonamides is 1. The summed E-state index contributed by atoms with van der Waals surface area (Å²) in [6, 6.07) is 4.19. The second-order valence-electron chi connectivity index (χ2n) is 5.41. The molecule has 1 aromatic rings. The lowest BCUT2D eigenvalue weighted by atomic mass is 10.1. The maximum atomic E-state index is 12.4. The van der Waals surface area contributed by atoms with Crippen LogP contribution in [0.3, 0.4) is 0 Å². The first-order valence-corrected chi connectivity index (χ1v) is 8.42. The van der Waals surface area contributed by atoms with Crippen LogP contribution in [0, 0.1) is 0 Å². The summed E-state index contributed by atoms with van der Waals surface area (Å²) in [7, 11) is -3.75. The topological polar surface area (TPSA) is 92.3 Å². The van der Waals surface area contributed by atoms with Crippen molar-refractivity contribution in [1.29, 1.82) is 0 Å². The van der Waals surface area contributed by atoms with E-state index in [9.17, 15) is 18.0 Å². The normalized spacial score (nSPS) is 22.0. The minimum atomic E-state index is -3.75. The quantitative estimate of drug-likeness (QED) is 0.783. The van der Waals surface area contributed by atoms with E-state index in [0.29, 0.717) is 0 Å². The maximum Gasteiger partial charge on any atom is 0.244 e. The van der Waals surface area contributed by atoms with Crippen LogP contribution in [0.25, 0.3) is 0 Å². The molecule has 1 heterocycles. The summed E-state index contributed by atoms with van der Waals surface area (Å²) in [5.74, 6) is -0.955. The van der Waals surface area contributed by atoms with Gasteiger partial charge in [-0.05, 0) is 48.9 Å². The van der Waals surface area contributed by atoms with Gasteiger partial charge in [-0.25, -0.2) is 8.42 Å². The minimum Gasteiger partial charge on any atom is -0.295 e. The second-order valence-corrected chi connectivity index (χ2v) is 7.12. The van der Waals surface area contributed by atoms with Crippen molar-refractivity contribution in [2.45, 2.75) is 43.0 Å². The first-order chi connectivity index (χ1) is 9.95. The van der Waals surface area contributed by atoms with Gasteiger partial charge in [-0.1, -0.05) is 6.07 Å². The number of nitrogens with one attached hydrogen (secondary N) is 2. The summed E-state index contributed by atoms with van der Waals surface area (Å²) >= 11 is 0. The van der Waals surface area contributed by atoms with E-state index in [4.69, 9.17) is 0 Å². The zero-order chi connectivity index (χ0) is 15.0. The van der Waals surface area contributed by atoms with E-state index in [1.807, 2.05) is 6.07 Å². The minimum absolute atomic E-state index is 0.142. The third kappa shape index (κ3) is 2.84. The molecule has 21 heavy (non-hydrogen) atoms. The molecule has 3 rings (SSSR count). The lowest BCUT2D eigenvalue weighted by Gasteiger charge is -2.21. The molecule has 6 nitrogen and oxygen atoms in total. The highest BCUT2D eigenvalue weighted by molar-refractivity contribution is 7.89. The van der Waals surface area contributed by atoms with Crippen LogP contribution in [0.1, 0.15) is 30.4 Å². The first-order valence-electron chi connectivity index (χ1n) is 6.93. The van der Waals surface area contributed by atoms with E-state index < -0.39 is 22.0 Å². The SMILES string of the molecule is O=C1CCC(NS(=O)(=O)c2ccc3c(c2)CCC3)C(=O)N1. The summed E-state index contributed by atoms with van der Waals surface area (Å²) in [5.41, 5.74) is 2.25. The average molecular weight is 308 g/mol. The van der Waals surface area contributed by atoms with Gasteiger partial charge >= 0.3 is 0 Å². The van der Waals surface area contributed by atoms with Gasteiger partial charge in [0.1, 0.15) is 6.04 Å². The molecule has 0 aromatic heterocycles. The van der Waals surface area contributed by atoms with E-state index >= 15 is 0 Å². The lowest BCUT2D eigenvalue weighted by molar-refractivity contribution is -0.134. The van der Waals surface area contributed by atoms with Crippen LogP contribution in [0.2, 0.25) is 0 Å². The molecule has 1 fully saturated rings. The van der Waals surface area contributed by atoms with Gasteiger partial charge < -0.3 is 0 Å². The molecule has 1 saturated heterocycles. The third-order valence-corrected chi connectivity index (χ3v) is 5.39. The van der Waals surface area contributed by atoms with Crippen molar-refractivity contribution in [2.75, 3.05) is 0 Å². The number of piperidine rings is 1. The van der Waals surface area contributed by atoms with Crippen molar-refractivity contribution < 1.29 is 18.0 Å². The third-order valence-electron chi connectivity index (χ3n) is 3.92. The fraction of sp³-hybridized carbons (Fsp3) is 0.429. The standard InChI is InChI=1S/C14H16N2O4S/c17-13-7-6-12(14(18)15-13)16-21(19,20)11-5-4-9-2-1-3-10(9)8-11/h4-5,8,12,16H,1-3,6-7H2,(H,15,17,18). The molecule has 2 aliphatic rings. The molecular formula is C14H16N2O4S. The number of amides is 2. The molecule has 112 valence electrons. The summed E-state index contributed by atoms with van der Waals surface area (Å²) in [4.78, 5) is 22.9. The van der Waals surface area contributed by atoms with E-state index in [-0.39, 0.29) is 23.6 Å². The largest absolute Gasteiger partial charge is 0.295 e. The molecule has 0 saturated carbocycles. The highest BCUT2D eigenvalue weighted by Crippen LogP contribution is 2.25. The number of rotatable bonds is 3. The Labute approximate surface area is 123 Å². The Morgan fingerprint density at radius 2 is 1.86 bits per heavy atom. The van der Waals surface area contributed by atoms with Gasteiger partial charge in [0.05, 0.1) is 4.90 Å². The number of imide groups is 1. The number of fused-ring (bicyclic) bond motifs is 1. The van der Waals surface area contributed by atoms with Crippen molar-refractivity contribution in [3.05, 3.63) is 29.3 Å². The Bertz CT molecular complexity index is 712. The second kappa shape index (κ2) is 5.23. The van der Waals surface area contributed by atoms with Crippen LogP contribution in [0.4, 0.5) is 0 Å². The van der Waals surface area contributed by atoms with Gasteiger partial charge in [-0.15, -0.1) is 0 Å². The maximum absolute atomic E-state index is 12.4.